The van der Waals surface area contributed by atoms with Crippen LogP contribution in [0.2, 0.25) is 0 Å². The summed E-state index contributed by atoms with van der Waals surface area (Å²) in [7, 11) is 0. The third-order valence-electron chi connectivity index (χ3n) is 3.36. The Morgan fingerprint density at radius 3 is 2.56 bits per heavy atom. The third-order valence-corrected chi connectivity index (χ3v) is 3.36. The second kappa shape index (κ2) is 6.65. The van der Waals surface area contributed by atoms with Crippen molar-refractivity contribution in [2.75, 3.05) is 0 Å². The van der Waals surface area contributed by atoms with Crippen LogP contribution in [0.1, 0.15) is 16.8 Å². The Bertz CT molecular complexity index is 914. The van der Waals surface area contributed by atoms with Gasteiger partial charge in [-0.1, -0.05) is 23.4 Å². The van der Waals surface area contributed by atoms with Crippen LogP contribution in [0.3, 0.4) is 0 Å². The summed E-state index contributed by atoms with van der Waals surface area (Å²) in [5.41, 5.74) is -0.833. The number of hydrogen-bond donors (Lipinski definition) is 0. The molecule has 0 N–H and O–H groups in total. The molecule has 0 aliphatic carbocycles. The summed E-state index contributed by atoms with van der Waals surface area (Å²) in [5.74, 6) is 0.648. The zero-order valence-electron chi connectivity index (χ0n) is 12.7. The molecule has 25 heavy (non-hydrogen) atoms. The summed E-state index contributed by atoms with van der Waals surface area (Å²) in [5, 5.41) is 16.5. The molecule has 0 aliphatic heterocycles. The summed E-state index contributed by atoms with van der Waals surface area (Å²) >= 11 is 0. The van der Waals surface area contributed by atoms with Crippen LogP contribution in [0.5, 0.6) is 5.75 Å². The zero-order valence-corrected chi connectivity index (χ0v) is 12.7. The second-order valence-corrected chi connectivity index (χ2v) is 5.10. The quantitative estimate of drug-likeness (QED) is 0.723. The fraction of sp³-hybridized carbons (Fsp3) is 0.118. The number of alkyl halides is 3. The third kappa shape index (κ3) is 3.77. The van der Waals surface area contributed by atoms with Crippen molar-refractivity contribution >= 4 is 0 Å². The van der Waals surface area contributed by atoms with E-state index in [1.165, 1.54) is 23.0 Å². The van der Waals surface area contributed by atoms with Crippen LogP contribution in [0.4, 0.5) is 13.2 Å². The van der Waals surface area contributed by atoms with E-state index < -0.39 is 17.3 Å². The molecule has 0 saturated heterocycles. The maximum Gasteiger partial charge on any atom is 0.417 e. The summed E-state index contributed by atoms with van der Waals surface area (Å²) in [6.07, 6.45) is -3.15. The topological polar surface area (TPSA) is 63.7 Å². The predicted octanol–water partition coefficient (Wildman–Crippen LogP) is 3.74. The van der Waals surface area contributed by atoms with Gasteiger partial charge in [0.2, 0.25) is 0 Å². The lowest BCUT2D eigenvalue weighted by Crippen LogP contribution is -2.09. The van der Waals surface area contributed by atoms with Gasteiger partial charge in [0.05, 0.1) is 29.1 Å². The highest BCUT2D eigenvalue weighted by Crippen LogP contribution is 2.33. The first-order valence-electron chi connectivity index (χ1n) is 7.18. The van der Waals surface area contributed by atoms with Gasteiger partial charge in [0.25, 0.3) is 0 Å². The molecule has 126 valence electrons. The van der Waals surface area contributed by atoms with Crippen molar-refractivity contribution < 1.29 is 17.9 Å². The van der Waals surface area contributed by atoms with Gasteiger partial charge in [-0.3, -0.25) is 0 Å². The Kier molecular flexibility index (Phi) is 4.39. The van der Waals surface area contributed by atoms with E-state index in [0.717, 1.165) is 12.1 Å². The molecule has 1 aromatic heterocycles. The van der Waals surface area contributed by atoms with Gasteiger partial charge in [-0.05, 0) is 30.3 Å². The first-order valence-corrected chi connectivity index (χ1v) is 7.18. The van der Waals surface area contributed by atoms with E-state index in [-0.39, 0.29) is 12.3 Å². The molecule has 0 aliphatic rings. The van der Waals surface area contributed by atoms with Crippen molar-refractivity contribution in [3.05, 3.63) is 71.5 Å². The van der Waals surface area contributed by atoms with Gasteiger partial charge in [0.1, 0.15) is 18.1 Å². The molecule has 0 atom stereocenters. The van der Waals surface area contributed by atoms with E-state index in [1.54, 1.807) is 12.1 Å². The van der Waals surface area contributed by atoms with Crippen LogP contribution in [0.15, 0.2) is 54.7 Å². The molecule has 8 heteroatoms. The van der Waals surface area contributed by atoms with E-state index >= 15 is 0 Å². The first-order chi connectivity index (χ1) is 12.0. The second-order valence-electron chi connectivity index (χ2n) is 5.10. The van der Waals surface area contributed by atoms with Crippen molar-refractivity contribution in [3.8, 4) is 17.5 Å². The maximum absolute atomic E-state index is 13.0. The van der Waals surface area contributed by atoms with Crippen molar-refractivity contribution in [2.24, 2.45) is 0 Å². The maximum atomic E-state index is 13.0. The summed E-state index contributed by atoms with van der Waals surface area (Å²) in [6, 6.07) is 14.0. The first kappa shape index (κ1) is 16.5. The number of benzene rings is 2. The standard InChI is InChI=1S/C17H11F3N4O/c18-17(19,20)16-8-14(7-6-12(16)9-21)24-10-13(22-23-24)11-25-15-4-2-1-3-5-15/h1-8,10H,11H2. The molecule has 2 aromatic carbocycles. The fourth-order valence-corrected chi connectivity index (χ4v) is 2.17. The van der Waals surface area contributed by atoms with Crippen molar-refractivity contribution in [1.82, 2.24) is 15.0 Å². The highest BCUT2D eigenvalue weighted by atomic mass is 19.4. The molecule has 0 saturated carbocycles. The van der Waals surface area contributed by atoms with Gasteiger partial charge in [-0.2, -0.15) is 18.4 Å². The number of ether oxygens (including phenoxy) is 1. The smallest absolute Gasteiger partial charge is 0.417 e. The van der Waals surface area contributed by atoms with Crippen LogP contribution in [-0.2, 0) is 12.8 Å². The van der Waals surface area contributed by atoms with E-state index in [2.05, 4.69) is 10.3 Å². The van der Waals surface area contributed by atoms with E-state index in [0.29, 0.717) is 11.4 Å². The molecular formula is C17H11F3N4O. The number of nitrogens with zero attached hydrogens (tertiary/aromatic N) is 4. The fourth-order valence-electron chi connectivity index (χ4n) is 2.17. The van der Waals surface area contributed by atoms with Crippen LogP contribution in [0.25, 0.3) is 5.69 Å². The normalized spacial score (nSPS) is 11.1. The minimum Gasteiger partial charge on any atom is -0.487 e. The van der Waals surface area contributed by atoms with Crippen molar-refractivity contribution in [3.63, 3.8) is 0 Å². The minimum absolute atomic E-state index is 0.131. The van der Waals surface area contributed by atoms with Gasteiger partial charge < -0.3 is 4.74 Å². The predicted molar refractivity (Wildman–Crippen MR) is 81.9 cm³/mol. The van der Waals surface area contributed by atoms with Crippen LogP contribution >= 0.6 is 0 Å². The Morgan fingerprint density at radius 1 is 1.12 bits per heavy atom. The number of halogens is 3. The average Bonchev–Trinajstić information content (AvgIpc) is 3.08. The van der Waals surface area contributed by atoms with Gasteiger partial charge in [-0.25, -0.2) is 4.68 Å². The molecule has 0 fully saturated rings. The lowest BCUT2D eigenvalue weighted by Gasteiger charge is -2.10. The van der Waals surface area contributed by atoms with Gasteiger partial charge in [-0.15, -0.1) is 5.10 Å². The average molecular weight is 344 g/mol. The zero-order chi connectivity index (χ0) is 17.9. The Morgan fingerprint density at radius 2 is 1.88 bits per heavy atom. The summed E-state index contributed by atoms with van der Waals surface area (Å²) in [4.78, 5) is 0. The molecule has 3 rings (SSSR count). The molecule has 0 unspecified atom stereocenters. The monoisotopic (exact) mass is 344 g/mol. The number of hydrogen-bond acceptors (Lipinski definition) is 4. The Labute approximate surface area is 140 Å². The number of nitriles is 1. The van der Waals surface area contributed by atoms with Crippen LogP contribution in [-0.4, -0.2) is 15.0 Å². The Hall–Kier alpha value is -3.34. The molecule has 5 nitrogen and oxygen atoms in total. The highest BCUT2D eigenvalue weighted by Gasteiger charge is 2.34. The van der Waals surface area contributed by atoms with Crippen molar-refractivity contribution in [2.45, 2.75) is 12.8 Å². The molecule has 0 bridgehead atoms. The van der Waals surface area contributed by atoms with Gasteiger partial charge in [0, 0.05) is 0 Å². The minimum atomic E-state index is -4.62. The molecule has 1 heterocycles. The van der Waals surface area contributed by atoms with Gasteiger partial charge in [0.15, 0.2) is 0 Å². The number of aromatic nitrogens is 3. The lowest BCUT2D eigenvalue weighted by molar-refractivity contribution is -0.137. The summed E-state index contributed by atoms with van der Waals surface area (Å²) < 4.78 is 45.8. The van der Waals surface area contributed by atoms with E-state index in [1.807, 2.05) is 18.2 Å². The van der Waals surface area contributed by atoms with E-state index in [4.69, 9.17) is 10.00 Å². The van der Waals surface area contributed by atoms with Crippen LogP contribution < -0.4 is 4.74 Å². The molecule has 0 spiro atoms. The number of rotatable bonds is 4. The molecule has 0 radical (unpaired) electrons. The highest BCUT2D eigenvalue weighted by molar-refractivity contribution is 5.47. The molecule has 0 amide bonds. The molecule has 3 aromatic rings. The van der Waals surface area contributed by atoms with Crippen LogP contribution in [0, 0.1) is 11.3 Å². The van der Waals surface area contributed by atoms with Gasteiger partial charge >= 0.3 is 6.18 Å². The Balaban J connectivity index is 1.81. The lowest BCUT2D eigenvalue weighted by atomic mass is 10.1. The largest absolute Gasteiger partial charge is 0.487 e. The van der Waals surface area contributed by atoms with Crippen molar-refractivity contribution in [1.29, 1.82) is 5.26 Å². The summed E-state index contributed by atoms with van der Waals surface area (Å²) in [6.45, 7) is 0.131. The SMILES string of the molecule is N#Cc1ccc(-n2cc(COc3ccccc3)nn2)cc1C(F)(F)F. The number of para-hydroxylation sites is 1. The molecular weight excluding hydrogens is 333 g/mol. The van der Waals surface area contributed by atoms with E-state index in [9.17, 15) is 13.2 Å².